The summed E-state index contributed by atoms with van der Waals surface area (Å²) in [7, 11) is 4.04. The molecule has 4 nitrogen and oxygen atoms in total. The van der Waals surface area contributed by atoms with Gasteiger partial charge in [-0.25, -0.2) is 4.98 Å². The van der Waals surface area contributed by atoms with Crippen molar-refractivity contribution in [2.24, 2.45) is 0 Å². The van der Waals surface area contributed by atoms with Crippen LogP contribution in [0.3, 0.4) is 0 Å². The Morgan fingerprint density at radius 3 is 3.19 bits per heavy atom. The average Bonchev–Trinajstić information content (AvgIpc) is 2.82. The van der Waals surface area contributed by atoms with Gasteiger partial charge in [0.15, 0.2) is 0 Å². The molecule has 1 fully saturated rings. The maximum Gasteiger partial charge on any atom is 0.128 e. The van der Waals surface area contributed by atoms with E-state index in [0.29, 0.717) is 6.04 Å². The lowest BCUT2D eigenvalue weighted by Crippen LogP contribution is -2.32. The topological polar surface area (TPSA) is 37.4 Å². The summed E-state index contributed by atoms with van der Waals surface area (Å²) in [5, 5.41) is 3.15. The summed E-state index contributed by atoms with van der Waals surface area (Å²) in [4.78, 5) is 6.62. The van der Waals surface area contributed by atoms with Crippen molar-refractivity contribution in [2.75, 3.05) is 32.2 Å². The first-order chi connectivity index (χ1) is 7.81. The number of pyridine rings is 1. The number of rotatable bonds is 4. The van der Waals surface area contributed by atoms with E-state index in [0.717, 1.165) is 32.0 Å². The van der Waals surface area contributed by atoms with Gasteiger partial charge in [0.1, 0.15) is 5.82 Å². The molecule has 0 saturated carbocycles. The van der Waals surface area contributed by atoms with Crippen LogP contribution in [0.4, 0.5) is 5.82 Å². The normalized spacial score (nSPS) is 20.0. The lowest BCUT2D eigenvalue weighted by atomic mass is 10.2. The van der Waals surface area contributed by atoms with E-state index in [4.69, 9.17) is 4.74 Å². The molecule has 1 aromatic heterocycles. The van der Waals surface area contributed by atoms with E-state index in [2.05, 4.69) is 28.3 Å². The first-order valence-corrected chi connectivity index (χ1v) is 5.71. The summed E-state index contributed by atoms with van der Waals surface area (Å²) >= 11 is 0. The molecule has 0 radical (unpaired) electrons. The number of likely N-dealkylation sites (N-methyl/N-ethyl adjacent to an activating group) is 1. The van der Waals surface area contributed by atoms with Gasteiger partial charge in [-0.1, -0.05) is 0 Å². The van der Waals surface area contributed by atoms with Crippen molar-refractivity contribution in [3.8, 4) is 0 Å². The molecule has 1 N–H and O–H groups in total. The Hall–Kier alpha value is -1.13. The van der Waals surface area contributed by atoms with Gasteiger partial charge in [0.2, 0.25) is 0 Å². The molecule has 88 valence electrons. The zero-order chi connectivity index (χ0) is 11.4. The SMILES string of the molecule is CNCc1ccnc(N(C)C2CCOC2)c1. The first-order valence-electron chi connectivity index (χ1n) is 5.71. The van der Waals surface area contributed by atoms with Crippen molar-refractivity contribution in [3.05, 3.63) is 23.9 Å². The molecular formula is C12H19N3O. The third-order valence-corrected chi connectivity index (χ3v) is 3.01. The lowest BCUT2D eigenvalue weighted by molar-refractivity contribution is 0.193. The molecule has 0 amide bonds. The molecule has 1 aliphatic rings. The average molecular weight is 221 g/mol. The van der Waals surface area contributed by atoms with Crippen LogP contribution in [0.25, 0.3) is 0 Å². The van der Waals surface area contributed by atoms with Crippen molar-refractivity contribution in [1.82, 2.24) is 10.3 Å². The molecule has 0 spiro atoms. The number of anilines is 1. The molecule has 1 unspecified atom stereocenters. The number of hydrogen-bond donors (Lipinski definition) is 1. The predicted octanol–water partition coefficient (Wildman–Crippen LogP) is 1.03. The zero-order valence-corrected chi connectivity index (χ0v) is 9.94. The van der Waals surface area contributed by atoms with Gasteiger partial charge in [-0.2, -0.15) is 0 Å². The van der Waals surface area contributed by atoms with Crippen molar-refractivity contribution < 1.29 is 4.74 Å². The second kappa shape index (κ2) is 5.27. The molecule has 2 heterocycles. The van der Waals surface area contributed by atoms with Crippen LogP contribution in [0.15, 0.2) is 18.3 Å². The van der Waals surface area contributed by atoms with Crippen LogP contribution in [0, 0.1) is 0 Å². The van der Waals surface area contributed by atoms with Crippen LogP contribution in [0.1, 0.15) is 12.0 Å². The van der Waals surface area contributed by atoms with Crippen LogP contribution >= 0.6 is 0 Å². The quantitative estimate of drug-likeness (QED) is 0.824. The standard InChI is InChI=1S/C12H19N3O/c1-13-8-10-3-5-14-12(7-10)15(2)11-4-6-16-9-11/h3,5,7,11,13H,4,6,8-9H2,1-2H3. The highest BCUT2D eigenvalue weighted by Crippen LogP contribution is 2.18. The summed E-state index contributed by atoms with van der Waals surface area (Å²) in [6.07, 6.45) is 2.96. The minimum absolute atomic E-state index is 0.470. The van der Waals surface area contributed by atoms with E-state index in [1.54, 1.807) is 0 Å². The zero-order valence-electron chi connectivity index (χ0n) is 9.94. The fourth-order valence-electron chi connectivity index (χ4n) is 1.98. The molecule has 1 saturated heterocycles. The van der Waals surface area contributed by atoms with E-state index >= 15 is 0 Å². The highest BCUT2D eigenvalue weighted by atomic mass is 16.5. The maximum absolute atomic E-state index is 5.40. The van der Waals surface area contributed by atoms with Crippen molar-refractivity contribution in [2.45, 2.75) is 19.0 Å². The van der Waals surface area contributed by atoms with E-state index in [9.17, 15) is 0 Å². The molecule has 1 aliphatic heterocycles. The predicted molar refractivity (Wildman–Crippen MR) is 64.6 cm³/mol. The molecule has 2 rings (SSSR count). The van der Waals surface area contributed by atoms with Gasteiger partial charge in [-0.15, -0.1) is 0 Å². The van der Waals surface area contributed by atoms with Gasteiger partial charge in [0.25, 0.3) is 0 Å². The third kappa shape index (κ3) is 2.51. The highest BCUT2D eigenvalue weighted by molar-refractivity contribution is 5.41. The summed E-state index contributed by atoms with van der Waals surface area (Å²) in [5.41, 5.74) is 1.26. The lowest BCUT2D eigenvalue weighted by Gasteiger charge is -2.24. The van der Waals surface area contributed by atoms with Crippen LogP contribution in [0.2, 0.25) is 0 Å². The second-order valence-corrected chi connectivity index (χ2v) is 4.18. The van der Waals surface area contributed by atoms with Crippen molar-refractivity contribution >= 4 is 5.82 Å². The molecular weight excluding hydrogens is 202 g/mol. The molecule has 1 aromatic rings. The van der Waals surface area contributed by atoms with Crippen LogP contribution in [0.5, 0.6) is 0 Å². The monoisotopic (exact) mass is 221 g/mol. The fourth-order valence-corrected chi connectivity index (χ4v) is 1.98. The van der Waals surface area contributed by atoms with Gasteiger partial charge in [0, 0.05) is 26.4 Å². The van der Waals surface area contributed by atoms with Crippen molar-refractivity contribution in [3.63, 3.8) is 0 Å². The Labute approximate surface area is 96.6 Å². The minimum Gasteiger partial charge on any atom is -0.379 e. The fraction of sp³-hybridized carbons (Fsp3) is 0.583. The third-order valence-electron chi connectivity index (χ3n) is 3.01. The van der Waals surface area contributed by atoms with E-state index in [1.807, 2.05) is 19.3 Å². The first kappa shape index (κ1) is 11.4. The van der Waals surface area contributed by atoms with E-state index in [1.165, 1.54) is 5.56 Å². The van der Waals surface area contributed by atoms with Crippen molar-refractivity contribution in [1.29, 1.82) is 0 Å². The minimum atomic E-state index is 0.470. The smallest absolute Gasteiger partial charge is 0.128 e. The van der Waals surface area contributed by atoms with Crippen LogP contribution in [-0.4, -0.2) is 38.3 Å². The van der Waals surface area contributed by atoms with E-state index < -0.39 is 0 Å². The Balaban J connectivity index is 2.09. The number of aromatic nitrogens is 1. The number of nitrogens with one attached hydrogen (secondary N) is 1. The summed E-state index contributed by atoms with van der Waals surface area (Å²) in [5.74, 6) is 1.03. The largest absolute Gasteiger partial charge is 0.379 e. The molecule has 4 heteroatoms. The van der Waals surface area contributed by atoms with Gasteiger partial charge in [0.05, 0.1) is 12.6 Å². The van der Waals surface area contributed by atoms with Crippen LogP contribution < -0.4 is 10.2 Å². The summed E-state index contributed by atoms with van der Waals surface area (Å²) in [6.45, 7) is 2.56. The summed E-state index contributed by atoms with van der Waals surface area (Å²) in [6, 6.07) is 4.64. The van der Waals surface area contributed by atoms with Gasteiger partial charge < -0.3 is 15.0 Å². The molecule has 0 aliphatic carbocycles. The molecule has 0 bridgehead atoms. The van der Waals surface area contributed by atoms with Gasteiger partial charge >= 0.3 is 0 Å². The van der Waals surface area contributed by atoms with Gasteiger partial charge in [-0.05, 0) is 31.2 Å². The second-order valence-electron chi connectivity index (χ2n) is 4.18. The molecule has 1 atom stereocenters. The number of nitrogens with zero attached hydrogens (tertiary/aromatic N) is 2. The molecule has 16 heavy (non-hydrogen) atoms. The Morgan fingerprint density at radius 2 is 2.50 bits per heavy atom. The maximum atomic E-state index is 5.40. The van der Waals surface area contributed by atoms with E-state index in [-0.39, 0.29) is 0 Å². The number of ether oxygens (including phenoxy) is 1. The molecule has 0 aromatic carbocycles. The van der Waals surface area contributed by atoms with Crippen LogP contribution in [-0.2, 0) is 11.3 Å². The Bertz CT molecular complexity index is 337. The Morgan fingerprint density at radius 1 is 1.62 bits per heavy atom. The van der Waals surface area contributed by atoms with Gasteiger partial charge in [-0.3, -0.25) is 0 Å². The highest BCUT2D eigenvalue weighted by Gasteiger charge is 2.21. The number of hydrogen-bond acceptors (Lipinski definition) is 4. The summed E-state index contributed by atoms with van der Waals surface area (Å²) < 4.78 is 5.40. The Kier molecular flexibility index (Phi) is 3.74.